The van der Waals surface area contributed by atoms with Crippen LogP contribution in [0.3, 0.4) is 0 Å². The van der Waals surface area contributed by atoms with Crippen molar-refractivity contribution in [3.05, 3.63) is 60.4 Å². The van der Waals surface area contributed by atoms with Gasteiger partial charge in [0.15, 0.2) is 0 Å². The van der Waals surface area contributed by atoms with E-state index in [2.05, 4.69) is 27.8 Å². The second kappa shape index (κ2) is 7.63. The summed E-state index contributed by atoms with van der Waals surface area (Å²) in [5.41, 5.74) is 2.10. The molecule has 0 saturated carbocycles. The molecular formula is C18H22N4O. The van der Waals surface area contributed by atoms with Crippen LogP contribution in [-0.4, -0.2) is 41.6 Å². The van der Waals surface area contributed by atoms with Crippen LogP contribution >= 0.6 is 0 Å². The van der Waals surface area contributed by atoms with Gasteiger partial charge in [-0.15, -0.1) is 0 Å². The van der Waals surface area contributed by atoms with Crippen molar-refractivity contribution >= 4 is 11.7 Å². The molecule has 1 unspecified atom stereocenters. The number of anilines is 1. The first-order valence-corrected chi connectivity index (χ1v) is 8.05. The zero-order valence-electron chi connectivity index (χ0n) is 13.1. The smallest absolute Gasteiger partial charge is 0.317 e. The maximum Gasteiger partial charge on any atom is 0.317 e. The van der Waals surface area contributed by atoms with Crippen molar-refractivity contribution in [2.24, 2.45) is 0 Å². The van der Waals surface area contributed by atoms with Crippen molar-refractivity contribution in [3.63, 3.8) is 0 Å². The van der Waals surface area contributed by atoms with Crippen LogP contribution in [0.1, 0.15) is 12.1 Å². The highest BCUT2D eigenvalue weighted by Crippen LogP contribution is 2.15. The molecule has 23 heavy (non-hydrogen) atoms. The van der Waals surface area contributed by atoms with Crippen molar-refractivity contribution in [2.45, 2.75) is 18.9 Å². The highest BCUT2D eigenvalue weighted by atomic mass is 16.2. The number of likely N-dealkylation sites (tertiary alicyclic amines) is 1. The molecule has 0 radical (unpaired) electrons. The SMILES string of the molecule is O=C(NCCc1ccccn1)N1CCC(Nc2ccccc2)C1. The van der Waals surface area contributed by atoms with E-state index in [-0.39, 0.29) is 6.03 Å². The van der Waals surface area contributed by atoms with Gasteiger partial charge in [0.05, 0.1) is 0 Å². The van der Waals surface area contributed by atoms with Crippen LogP contribution in [0.5, 0.6) is 0 Å². The number of nitrogens with one attached hydrogen (secondary N) is 2. The van der Waals surface area contributed by atoms with E-state index in [0.29, 0.717) is 12.6 Å². The van der Waals surface area contributed by atoms with Crippen molar-refractivity contribution in [3.8, 4) is 0 Å². The molecule has 5 nitrogen and oxygen atoms in total. The largest absolute Gasteiger partial charge is 0.380 e. The van der Waals surface area contributed by atoms with E-state index in [9.17, 15) is 4.79 Å². The van der Waals surface area contributed by atoms with Crippen LogP contribution in [0.4, 0.5) is 10.5 Å². The summed E-state index contributed by atoms with van der Waals surface area (Å²) >= 11 is 0. The topological polar surface area (TPSA) is 57.3 Å². The number of carbonyl (C=O) groups excluding carboxylic acids is 1. The Morgan fingerprint density at radius 2 is 2.00 bits per heavy atom. The molecule has 1 aliphatic heterocycles. The standard InChI is InChI=1S/C18H22N4O/c23-18(20-12-9-15-6-4-5-11-19-15)22-13-10-17(14-22)21-16-7-2-1-3-8-16/h1-8,11,17,21H,9-10,12-14H2,(H,20,23). The number of nitrogens with zero attached hydrogens (tertiary/aromatic N) is 2. The van der Waals surface area contributed by atoms with Crippen LogP contribution in [0.25, 0.3) is 0 Å². The second-order valence-corrected chi connectivity index (χ2v) is 5.74. The van der Waals surface area contributed by atoms with E-state index in [1.807, 2.05) is 41.3 Å². The molecule has 2 heterocycles. The zero-order chi connectivity index (χ0) is 15.9. The Hall–Kier alpha value is -2.56. The first-order valence-electron chi connectivity index (χ1n) is 8.05. The molecule has 1 fully saturated rings. The first kappa shape index (κ1) is 15.3. The maximum absolute atomic E-state index is 12.2. The Kier molecular flexibility index (Phi) is 5.09. The van der Waals surface area contributed by atoms with Gasteiger partial charge in [-0.1, -0.05) is 24.3 Å². The van der Waals surface area contributed by atoms with Crippen molar-refractivity contribution in [1.29, 1.82) is 0 Å². The van der Waals surface area contributed by atoms with E-state index in [4.69, 9.17) is 0 Å². The number of aromatic nitrogens is 1. The summed E-state index contributed by atoms with van der Waals surface area (Å²) in [6, 6.07) is 16.3. The number of amides is 2. The van der Waals surface area contributed by atoms with E-state index in [0.717, 1.165) is 37.3 Å². The third kappa shape index (κ3) is 4.45. The predicted molar refractivity (Wildman–Crippen MR) is 91.4 cm³/mol. The molecule has 2 N–H and O–H groups in total. The van der Waals surface area contributed by atoms with Gasteiger partial charge in [-0.3, -0.25) is 4.98 Å². The number of benzene rings is 1. The van der Waals surface area contributed by atoms with Crippen LogP contribution in [-0.2, 0) is 6.42 Å². The van der Waals surface area contributed by atoms with Gasteiger partial charge in [0.25, 0.3) is 0 Å². The summed E-state index contributed by atoms with van der Waals surface area (Å²) in [6.07, 6.45) is 3.51. The quantitative estimate of drug-likeness (QED) is 0.892. The molecule has 0 aliphatic carbocycles. The third-order valence-corrected chi connectivity index (χ3v) is 4.00. The molecule has 1 saturated heterocycles. The summed E-state index contributed by atoms with van der Waals surface area (Å²) in [5.74, 6) is 0. The minimum atomic E-state index is 0.0123. The van der Waals surface area contributed by atoms with Gasteiger partial charge < -0.3 is 15.5 Å². The normalized spacial score (nSPS) is 17.0. The summed E-state index contributed by atoms with van der Waals surface area (Å²) in [5, 5.41) is 6.45. The van der Waals surface area contributed by atoms with Gasteiger partial charge in [-0.2, -0.15) is 0 Å². The first-order chi connectivity index (χ1) is 11.3. The number of hydrogen-bond donors (Lipinski definition) is 2. The third-order valence-electron chi connectivity index (χ3n) is 4.00. The maximum atomic E-state index is 12.2. The lowest BCUT2D eigenvalue weighted by molar-refractivity contribution is 0.208. The van der Waals surface area contributed by atoms with E-state index >= 15 is 0 Å². The number of urea groups is 1. The summed E-state index contributed by atoms with van der Waals surface area (Å²) < 4.78 is 0. The average Bonchev–Trinajstić information content (AvgIpc) is 3.05. The second-order valence-electron chi connectivity index (χ2n) is 5.74. The number of rotatable bonds is 5. The molecule has 5 heteroatoms. The fourth-order valence-corrected chi connectivity index (χ4v) is 2.79. The predicted octanol–water partition coefficient (Wildman–Crippen LogP) is 2.52. The summed E-state index contributed by atoms with van der Waals surface area (Å²) in [4.78, 5) is 18.3. The van der Waals surface area contributed by atoms with Crippen molar-refractivity contribution in [1.82, 2.24) is 15.2 Å². The molecule has 2 amide bonds. The average molecular weight is 310 g/mol. The molecular weight excluding hydrogens is 288 g/mol. The molecule has 2 aromatic rings. The van der Waals surface area contributed by atoms with Crippen LogP contribution < -0.4 is 10.6 Å². The Labute approximate surface area is 136 Å². The Morgan fingerprint density at radius 3 is 2.78 bits per heavy atom. The van der Waals surface area contributed by atoms with Gasteiger partial charge in [-0.25, -0.2) is 4.79 Å². The summed E-state index contributed by atoms with van der Waals surface area (Å²) in [7, 11) is 0. The molecule has 1 aromatic heterocycles. The Balaban J connectivity index is 1.41. The molecule has 3 rings (SSSR count). The van der Waals surface area contributed by atoms with Gasteiger partial charge in [0.1, 0.15) is 0 Å². The van der Waals surface area contributed by atoms with Gasteiger partial charge >= 0.3 is 6.03 Å². The van der Waals surface area contributed by atoms with E-state index in [1.54, 1.807) is 6.20 Å². The molecule has 0 spiro atoms. The van der Waals surface area contributed by atoms with E-state index < -0.39 is 0 Å². The minimum Gasteiger partial charge on any atom is -0.380 e. The lowest BCUT2D eigenvalue weighted by Crippen LogP contribution is -2.40. The molecule has 1 aliphatic rings. The number of pyridine rings is 1. The number of carbonyl (C=O) groups is 1. The van der Waals surface area contributed by atoms with Crippen LogP contribution in [0, 0.1) is 0 Å². The van der Waals surface area contributed by atoms with Crippen LogP contribution in [0.2, 0.25) is 0 Å². The molecule has 0 bridgehead atoms. The number of para-hydroxylation sites is 1. The van der Waals surface area contributed by atoms with E-state index in [1.165, 1.54) is 0 Å². The van der Waals surface area contributed by atoms with Gasteiger partial charge in [-0.05, 0) is 30.7 Å². The Bertz CT molecular complexity index is 617. The van der Waals surface area contributed by atoms with Gasteiger partial charge in [0.2, 0.25) is 0 Å². The molecule has 120 valence electrons. The minimum absolute atomic E-state index is 0.0123. The lowest BCUT2D eigenvalue weighted by Gasteiger charge is -2.18. The fraction of sp³-hybridized carbons (Fsp3) is 0.333. The molecule has 1 aromatic carbocycles. The molecule has 1 atom stereocenters. The highest BCUT2D eigenvalue weighted by molar-refractivity contribution is 5.74. The fourth-order valence-electron chi connectivity index (χ4n) is 2.79. The van der Waals surface area contributed by atoms with Crippen molar-refractivity contribution < 1.29 is 4.79 Å². The summed E-state index contributed by atoms with van der Waals surface area (Å²) in [6.45, 7) is 2.15. The van der Waals surface area contributed by atoms with Gasteiger partial charge in [0, 0.05) is 49.7 Å². The zero-order valence-corrected chi connectivity index (χ0v) is 13.1. The monoisotopic (exact) mass is 310 g/mol. The Morgan fingerprint density at radius 1 is 1.17 bits per heavy atom. The lowest BCUT2D eigenvalue weighted by atomic mass is 10.2. The van der Waals surface area contributed by atoms with Crippen molar-refractivity contribution in [2.75, 3.05) is 25.0 Å². The van der Waals surface area contributed by atoms with Crippen LogP contribution in [0.15, 0.2) is 54.7 Å². The number of hydrogen-bond acceptors (Lipinski definition) is 3. The highest BCUT2D eigenvalue weighted by Gasteiger charge is 2.25.